The molecule has 3 fully saturated rings. The number of allylic oxidation sites excluding steroid dienone is 1. The molecule has 4 aliphatic carbocycles. The summed E-state index contributed by atoms with van der Waals surface area (Å²) in [5.74, 6) is 4.82. The summed E-state index contributed by atoms with van der Waals surface area (Å²) in [4.78, 5) is 0. The van der Waals surface area contributed by atoms with E-state index in [-0.39, 0.29) is 8.96 Å². The van der Waals surface area contributed by atoms with Gasteiger partial charge in [0, 0.05) is 9.46 Å². The van der Waals surface area contributed by atoms with Gasteiger partial charge in [0.1, 0.15) is 0 Å². The SMILES string of the molecule is CC.CC.C[C@H](CO)CCC[C@@H](C)C1CCC2[C@@H]3CC=C4C[C@@H](O)CC[C@]4(C)C3CC[C@@]21C.[HH].[HH]. The maximum atomic E-state index is 10.2. The molecular formula is C31H62O2. The van der Waals surface area contributed by atoms with Crippen molar-refractivity contribution < 1.29 is 13.1 Å². The van der Waals surface area contributed by atoms with Gasteiger partial charge in [0.15, 0.2) is 0 Å². The lowest BCUT2D eigenvalue weighted by Gasteiger charge is -2.58. The minimum absolute atomic E-state index is 0. The summed E-state index contributed by atoms with van der Waals surface area (Å²) in [7, 11) is 0. The van der Waals surface area contributed by atoms with Crippen molar-refractivity contribution in [3.05, 3.63) is 11.6 Å². The largest absolute Gasteiger partial charge is 0.396 e. The fourth-order valence-corrected chi connectivity index (χ4v) is 8.70. The van der Waals surface area contributed by atoms with E-state index in [1.165, 1.54) is 57.8 Å². The summed E-state index contributed by atoms with van der Waals surface area (Å²) in [5, 5.41) is 19.5. The van der Waals surface area contributed by atoms with Crippen molar-refractivity contribution in [3.63, 3.8) is 0 Å². The van der Waals surface area contributed by atoms with E-state index in [1.54, 1.807) is 5.57 Å². The predicted octanol–water partition coefficient (Wildman–Crippen LogP) is 8.91. The van der Waals surface area contributed by atoms with Gasteiger partial charge in [-0.3, -0.25) is 0 Å². The van der Waals surface area contributed by atoms with Crippen LogP contribution in [-0.2, 0) is 0 Å². The number of hydrogen-bond donors (Lipinski definition) is 2. The van der Waals surface area contributed by atoms with E-state index >= 15 is 0 Å². The minimum atomic E-state index is -0.0926. The Bertz CT molecular complexity index is 623. The Labute approximate surface area is 210 Å². The molecule has 0 radical (unpaired) electrons. The van der Waals surface area contributed by atoms with Crippen molar-refractivity contribution in [2.24, 2.45) is 46.3 Å². The molecule has 4 rings (SSSR count). The van der Waals surface area contributed by atoms with Crippen LogP contribution < -0.4 is 0 Å². The molecule has 0 aromatic carbocycles. The Kier molecular flexibility index (Phi) is 11.0. The smallest absolute Gasteiger partial charge is 0.0577 e. The molecule has 2 heteroatoms. The third-order valence-corrected chi connectivity index (χ3v) is 10.5. The van der Waals surface area contributed by atoms with Gasteiger partial charge in [-0.2, -0.15) is 0 Å². The lowest BCUT2D eigenvalue weighted by Crippen LogP contribution is -2.50. The maximum Gasteiger partial charge on any atom is 0.0577 e. The highest BCUT2D eigenvalue weighted by atomic mass is 16.3. The molecule has 3 unspecified atom stereocenters. The quantitative estimate of drug-likeness (QED) is 0.384. The van der Waals surface area contributed by atoms with E-state index in [2.05, 4.69) is 33.8 Å². The molecule has 0 aromatic heterocycles. The van der Waals surface area contributed by atoms with Crippen molar-refractivity contribution in [2.75, 3.05) is 6.61 Å². The summed E-state index contributed by atoms with van der Waals surface area (Å²) in [5.41, 5.74) is 2.51. The number of rotatable bonds is 6. The number of hydrogen-bond acceptors (Lipinski definition) is 2. The summed E-state index contributed by atoms with van der Waals surface area (Å²) in [6, 6.07) is 0. The standard InChI is InChI=1S/C27H46O2.2C2H6.2H2/c1-18(17-28)6-5-7-19(2)23-10-11-24-22-9-8-20-16-21(29)12-14-26(20,3)25(22)13-15-27(23,24)4;2*1-2;;/h8,18-19,21-25,28-29H,5-7,9-17H2,1-4H3;2*1-2H3;2*1H/t18-,19+,21-,22-,23?,24?,25?,26-,27+;;;;/m0..../s1. The van der Waals surface area contributed by atoms with Gasteiger partial charge in [0.25, 0.3) is 0 Å². The van der Waals surface area contributed by atoms with Crippen molar-refractivity contribution in [3.8, 4) is 0 Å². The van der Waals surface area contributed by atoms with Gasteiger partial charge in [-0.1, -0.05) is 79.9 Å². The van der Waals surface area contributed by atoms with Crippen LogP contribution in [0.3, 0.4) is 0 Å². The van der Waals surface area contributed by atoms with E-state index in [4.69, 9.17) is 0 Å². The third-order valence-electron chi connectivity index (χ3n) is 10.5. The van der Waals surface area contributed by atoms with Crippen LogP contribution in [0, 0.1) is 46.3 Å². The Morgan fingerprint density at radius 2 is 1.67 bits per heavy atom. The van der Waals surface area contributed by atoms with Crippen LogP contribution in [0.2, 0.25) is 0 Å². The van der Waals surface area contributed by atoms with Crippen molar-refractivity contribution in [1.82, 2.24) is 0 Å². The second-order valence-electron chi connectivity index (χ2n) is 12.1. The molecule has 198 valence electrons. The molecule has 4 aliphatic rings. The first-order valence-electron chi connectivity index (χ1n) is 14.8. The molecule has 9 atom stereocenters. The van der Waals surface area contributed by atoms with Crippen LogP contribution in [0.15, 0.2) is 11.6 Å². The monoisotopic (exact) mass is 466 g/mol. The van der Waals surface area contributed by atoms with E-state index in [1.807, 2.05) is 27.7 Å². The van der Waals surface area contributed by atoms with Crippen LogP contribution in [0.5, 0.6) is 0 Å². The van der Waals surface area contributed by atoms with Gasteiger partial charge in [-0.15, -0.1) is 0 Å². The molecule has 2 nitrogen and oxygen atoms in total. The number of aliphatic hydroxyl groups excluding tert-OH is 2. The second-order valence-corrected chi connectivity index (χ2v) is 12.1. The van der Waals surface area contributed by atoms with Crippen molar-refractivity contribution >= 4 is 0 Å². The average molecular weight is 467 g/mol. The molecule has 0 bridgehead atoms. The normalized spacial score (nSPS) is 41.0. The predicted molar refractivity (Wildman–Crippen MR) is 147 cm³/mol. The molecule has 2 N–H and O–H groups in total. The molecule has 3 saturated carbocycles. The first kappa shape index (κ1) is 28.9. The molecule has 0 spiro atoms. The topological polar surface area (TPSA) is 40.5 Å². The summed E-state index contributed by atoms with van der Waals surface area (Å²) >= 11 is 0. The van der Waals surface area contributed by atoms with Crippen molar-refractivity contribution in [1.29, 1.82) is 0 Å². The third kappa shape index (κ3) is 5.74. The van der Waals surface area contributed by atoms with Gasteiger partial charge in [0.2, 0.25) is 0 Å². The van der Waals surface area contributed by atoms with E-state index < -0.39 is 0 Å². The Morgan fingerprint density at radius 1 is 0.970 bits per heavy atom. The molecule has 33 heavy (non-hydrogen) atoms. The van der Waals surface area contributed by atoms with Gasteiger partial charge in [-0.25, -0.2) is 0 Å². The van der Waals surface area contributed by atoms with Crippen LogP contribution in [0.1, 0.15) is 129 Å². The number of aliphatic hydroxyl groups is 2. The second kappa shape index (κ2) is 12.6. The molecule has 0 heterocycles. The minimum Gasteiger partial charge on any atom is -0.396 e. The van der Waals surface area contributed by atoms with Crippen LogP contribution >= 0.6 is 0 Å². The van der Waals surface area contributed by atoms with Gasteiger partial charge in [0.05, 0.1) is 6.10 Å². The Balaban J connectivity index is 0.00000183. The fraction of sp³-hybridized carbons (Fsp3) is 0.935. The zero-order valence-corrected chi connectivity index (χ0v) is 23.5. The first-order chi connectivity index (χ1) is 15.8. The van der Waals surface area contributed by atoms with Gasteiger partial charge >= 0.3 is 0 Å². The lowest BCUT2D eigenvalue weighted by atomic mass is 9.47. The van der Waals surface area contributed by atoms with E-state index in [9.17, 15) is 10.2 Å². The van der Waals surface area contributed by atoms with Crippen molar-refractivity contribution in [2.45, 2.75) is 132 Å². The zero-order valence-electron chi connectivity index (χ0n) is 23.5. The van der Waals surface area contributed by atoms with E-state index in [0.29, 0.717) is 23.4 Å². The maximum absolute atomic E-state index is 10.2. The number of fused-ring (bicyclic) bond motifs is 5. The molecule has 0 saturated heterocycles. The van der Waals surface area contributed by atoms with Crippen LogP contribution in [0.25, 0.3) is 0 Å². The fourth-order valence-electron chi connectivity index (χ4n) is 8.70. The Morgan fingerprint density at radius 3 is 2.33 bits per heavy atom. The summed E-state index contributed by atoms with van der Waals surface area (Å²) in [6.45, 7) is 18.2. The van der Waals surface area contributed by atoms with Crippen LogP contribution in [-0.4, -0.2) is 22.9 Å². The first-order valence-corrected chi connectivity index (χ1v) is 14.8. The highest BCUT2D eigenvalue weighted by molar-refractivity contribution is 5.25. The van der Waals surface area contributed by atoms with E-state index in [0.717, 1.165) is 42.4 Å². The molecule has 0 aromatic rings. The van der Waals surface area contributed by atoms with Crippen LogP contribution in [0.4, 0.5) is 0 Å². The molecular weight excluding hydrogens is 404 g/mol. The summed E-state index contributed by atoms with van der Waals surface area (Å²) in [6.07, 6.45) is 16.4. The Hall–Kier alpha value is -0.340. The summed E-state index contributed by atoms with van der Waals surface area (Å²) < 4.78 is 0. The average Bonchev–Trinajstić information content (AvgIpc) is 3.19. The molecule has 0 amide bonds. The highest BCUT2D eigenvalue weighted by Crippen LogP contribution is 2.67. The lowest BCUT2D eigenvalue weighted by molar-refractivity contribution is -0.0573. The highest BCUT2D eigenvalue weighted by Gasteiger charge is 2.59. The van der Waals surface area contributed by atoms with Gasteiger partial charge in [-0.05, 0) is 104 Å². The van der Waals surface area contributed by atoms with Gasteiger partial charge < -0.3 is 10.2 Å². The zero-order chi connectivity index (χ0) is 24.8. The molecule has 0 aliphatic heterocycles.